The van der Waals surface area contributed by atoms with Crippen LogP contribution in [0.4, 0.5) is 10.5 Å². The number of nitrogens with zero attached hydrogens (tertiary/aromatic N) is 3. The van der Waals surface area contributed by atoms with Crippen molar-refractivity contribution in [2.45, 2.75) is 45.3 Å². The molecule has 2 aromatic carbocycles. The summed E-state index contributed by atoms with van der Waals surface area (Å²) in [6, 6.07) is 10.1. The van der Waals surface area contributed by atoms with Gasteiger partial charge in [0.1, 0.15) is 12.5 Å². The van der Waals surface area contributed by atoms with E-state index in [4.69, 9.17) is 16.9 Å². The van der Waals surface area contributed by atoms with Crippen LogP contribution in [0.2, 0.25) is 5.02 Å². The average molecular weight is 508 g/mol. The van der Waals surface area contributed by atoms with Crippen molar-refractivity contribution in [1.82, 2.24) is 15.1 Å². The van der Waals surface area contributed by atoms with Crippen molar-refractivity contribution in [2.75, 3.05) is 5.32 Å². The van der Waals surface area contributed by atoms with Crippen LogP contribution in [0.1, 0.15) is 46.3 Å². The van der Waals surface area contributed by atoms with Crippen molar-refractivity contribution in [3.63, 3.8) is 0 Å². The molecular weight excluding hydrogens is 486 g/mol. The van der Waals surface area contributed by atoms with Crippen LogP contribution < -0.4 is 10.6 Å². The summed E-state index contributed by atoms with van der Waals surface area (Å²) in [6.45, 7) is 1.84. The lowest BCUT2D eigenvalue weighted by Gasteiger charge is -2.29. The molecule has 4 rings (SSSR count). The predicted molar refractivity (Wildman–Crippen MR) is 128 cm³/mol. The van der Waals surface area contributed by atoms with Crippen LogP contribution >= 0.6 is 11.6 Å². The van der Waals surface area contributed by atoms with Gasteiger partial charge in [-0.15, -0.1) is 0 Å². The molecule has 2 heterocycles. The van der Waals surface area contributed by atoms with Crippen LogP contribution in [0, 0.1) is 18.3 Å². The molecule has 0 saturated carbocycles. The first-order valence-electron chi connectivity index (χ1n) is 11.2. The van der Waals surface area contributed by atoms with E-state index in [1.54, 1.807) is 42.5 Å². The molecule has 10 nitrogen and oxygen atoms in total. The van der Waals surface area contributed by atoms with Crippen molar-refractivity contribution in [2.24, 2.45) is 0 Å². The van der Waals surface area contributed by atoms with Crippen LogP contribution in [-0.2, 0) is 27.5 Å². The molecule has 11 heteroatoms. The maximum Gasteiger partial charge on any atom is 0.328 e. The standard InChI is InChI=1S/C25H22ClN5O5/c1-14-2-4-17(11-19(14)26)28-25(36)31(22(33)8-9-27)12-15-3-5-18-16(10-15)13-30(24(18)35)20-6-7-21(32)29-23(20)34/h2-5,10-11,20H,6-8,12-13H2,1H3,(H,28,36)(H,29,32,34). The van der Waals surface area contributed by atoms with Gasteiger partial charge >= 0.3 is 6.03 Å². The van der Waals surface area contributed by atoms with Gasteiger partial charge in [0.15, 0.2) is 0 Å². The number of carbonyl (C=O) groups excluding carboxylic acids is 5. The molecule has 0 aliphatic carbocycles. The Hall–Kier alpha value is -4.23. The second-order valence-electron chi connectivity index (χ2n) is 8.60. The average Bonchev–Trinajstić information content (AvgIpc) is 3.15. The number of imide groups is 2. The molecule has 0 bridgehead atoms. The molecule has 184 valence electrons. The first kappa shape index (κ1) is 24.9. The quantitative estimate of drug-likeness (QED) is 0.596. The third-order valence-electron chi connectivity index (χ3n) is 6.13. The SMILES string of the molecule is Cc1ccc(NC(=O)N(Cc2ccc3c(c2)CN(C2CCC(=O)NC2=O)C3=O)C(=O)CC#N)cc1Cl. The minimum atomic E-state index is -0.744. The topological polar surface area (TPSA) is 140 Å². The summed E-state index contributed by atoms with van der Waals surface area (Å²) in [6.07, 6.45) is -0.0925. The molecule has 0 aromatic heterocycles. The number of hydrogen-bond donors (Lipinski definition) is 2. The number of aryl methyl sites for hydroxylation is 1. The number of halogens is 1. The number of urea groups is 1. The van der Waals surface area contributed by atoms with Gasteiger partial charge in [-0.25, -0.2) is 4.79 Å². The number of piperidine rings is 1. The Balaban J connectivity index is 1.53. The van der Waals surface area contributed by atoms with E-state index in [1.807, 2.05) is 6.92 Å². The Morgan fingerprint density at radius 1 is 1.22 bits per heavy atom. The molecule has 6 amide bonds. The number of carbonyl (C=O) groups is 5. The minimum absolute atomic E-state index is 0.133. The van der Waals surface area contributed by atoms with Gasteiger partial charge in [-0.2, -0.15) is 5.26 Å². The molecule has 2 aliphatic rings. The summed E-state index contributed by atoms with van der Waals surface area (Å²) in [5, 5.41) is 14.3. The Labute approximate surface area is 211 Å². The van der Waals surface area contributed by atoms with Crippen LogP contribution in [0.25, 0.3) is 0 Å². The Kier molecular flexibility index (Phi) is 7.03. The maximum atomic E-state index is 12.9. The highest BCUT2D eigenvalue weighted by atomic mass is 35.5. The molecule has 2 aliphatic heterocycles. The number of nitrogens with one attached hydrogen (secondary N) is 2. The number of amides is 6. The lowest BCUT2D eigenvalue weighted by Crippen LogP contribution is -2.52. The highest BCUT2D eigenvalue weighted by molar-refractivity contribution is 6.31. The van der Waals surface area contributed by atoms with Crippen molar-refractivity contribution in [3.05, 3.63) is 63.7 Å². The number of hydrogen-bond acceptors (Lipinski definition) is 6. The van der Waals surface area contributed by atoms with Crippen molar-refractivity contribution >= 4 is 46.9 Å². The first-order chi connectivity index (χ1) is 17.2. The molecule has 1 atom stereocenters. The van der Waals surface area contributed by atoms with Gasteiger partial charge in [-0.05, 0) is 48.2 Å². The fraction of sp³-hybridized carbons (Fsp3) is 0.280. The number of anilines is 1. The fourth-order valence-corrected chi connectivity index (χ4v) is 4.39. The second kappa shape index (κ2) is 10.2. The van der Waals surface area contributed by atoms with Crippen LogP contribution in [0.15, 0.2) is 36.4 Å². The van der Waals surface area contributed by atoms with Gasteiger partial charge in [-0.1, -0.05) is 29.8 Å². The molecule has 36 heavy (non-hydrogen) atoms. The van der Waals surface area contributed by atoms with Crippen molar-refractivity contribution in [1.29, 1.82) is 5.26 Å². The van der Waals surface area contributed by atoms with E-state index in [0.717, 1.165) is 10.5 Å². The summed E-state index contributed by atoms with van der Waals surface area (Å²) >= 11 is 6.12. The van der Waals surface area contributed by atoms with Gasteiger partial charge in [0, 0.05) is 29.2 Å². The highest BCUT2D eigenvalue weighted by Gasteiger charge is 2.39. The number of benzene rings is 2. The first-order valence-corrected chi connectivity index (χ1v) is 11.6. The third-order valence-corrected chi connectivity index (χ3v) is 6.54. The summed E-state index contributed by atoms with van der Waals surface area (Å²) in [5.74, 6) is -1.88. The van der Waals surface area contributed by atoms with Gasteiger partial charge in [0.25, 0.3) is 5.91 Å². The van der Waals surface area contributed by atoms with Gasteiger partial charge in [0.2, 0.25) is 17.7 Å². The van der Waals surface area contributed by atoms with Crippen LogP contribution in [-0.4, -0.2) is 45.5 Å². The molecule has 1 unspecified atom stereocenters. The molecule has 2 aromatic rings. The van der Waals surface area contributed by atoms with E-state index in [2.05, 4.69) is 10.6 Å². The van der Waals surface area contributed by atoms with Crippen molar-refractivity contribution < 1.29 is 24.0 Å². The van der Waals surface area contributed by atoms with E-state index in [1.165, 1.54) is 4.90 Å². The number of fused-ring (bicyclic) bond motifs is 1. The lowest BCUT2D eigenvalue weighted by molar-refractivity contribution is -0.137. The van der Waals surface area contributed by atoms with Gasteiger partial charge in [-0.3, -0.25) is 29.4 Å². The molecule has 0 radical (unpaired) electrons. The van der Waals surface area contributed by atoms with E-state index < -0.39 is 30.3 Å². The molecule has 1 fully saturated rings. The van der Waals surface area contributed by atoms with Gasteiger partial charge < -0.3 is 10.2 Å². The lowest BCUT2D eigenvalue weighted by atomic mass is 10.0. The third kappa shape index (κ3) is 5.06. The van der Waals surface area contributed by atoms with E-state index >= 15 is 0 Å². The molecule has 2 N–H and O–H groups in total. The Bertz CT molecular complexity index is 1330. The Morgan fingerprint density at radius 2 is 2.00 bits per heavy atom. The zero-order chi connectivity index (χ0) is 26.0. The smallest absolute Gasteiger partial charge is 0.322 e. The van der Waals surface area contributed by atoms with Crippen LogP contribution in [0.5, 0.6) is 0 Å². The zero-order valence-electron chi connectivity index (χ0n) is 19.3. The van der Waals surface area contributed by atoms with E-state index in [9.17, 15) is 24.0 Å². The van der Waals surface area contributed by atoms with E-state index in [-0.39, 0.29) is 37.7 Å². The Morgan fingerprint density at radius 3 is 2.69 bits per heavy atom. The number of rotatable bonds is 5. The highest BCUT2D eigenvalue weighted by Crippen LogP contribution is 2.29. The minimum Gasteiger partial charge on any atom is -0.322 e. The molecular formula is C25H22ClN5O5. The van der Waals surface area contributed by atoms with E-state index in [0.29, 0.717) is 27.4 Å². The summed E-state index contributed by atoms with van der Waals surface area (Å²) < 4.78 is 0. The second-order valence-corrected chi connectivity index (χ2v) is 9.01. The zero-order valence-corrected chi connectivity index (χ0v) is 20.1. The molecule has 1 saturated heterocycles. The van der Waals surface area contributed by atoms with Crippen LogP contribution in [0.3, 0.4) is 0 Å². The summed E-state index contributed by atoms with van der Waals surface area (Å²) in [4.78, 5) is 64.5. The number of nitriles is 1. The fourth-order valence-electron chi connectivity index (χ4n) is 4.21. The monoisotopic (exact) mass is 507 g/mol. The molecule has 0 spiro atoms. The normalized spacial score (nSPS) is 16.8. The maximum absolute atomic E-state index is 12.9. The summed E-state index contributed by atoms with van der Waals surface area (Å²) in [7, 11) is 0. The van der Waals surface area contributed by atoms with Gasteiger partial charge in [0.05, 0.1) is 12.6 Å². The summed E-state index contributed by atoms with van der Waals surface area (Å²) in [5.41, 5.74) is 2.84. The van der Waals surface area contributed by atoms with Crippen molar-refractivity contribution in [3.8, 4) is 6.07 Å². The largest absolute Gasteiger partial charge is 0.328 e. The predicted octanol–water partition coefficient (Wildman–Crippen LogP) is 2.88.